The third-order valence-electron chi connectivity index (χ3n) is 3.65. The van der Waals surface area contributed by atoms with Gasteiger partial charge in [0.25, 0.3) is 0 Å². The molecule has 2 rings (SSSR count). The second kappa shape index (κ2) is 5.81. The third-order valence-corrected chi connectivity index (χ3v) is 4.22. The van der Waals surface area contributed by atoms with E-state index in [9.17, 15) is 4.21 Å². The maximum atomic E-state index is 11.6. The van der Waals surface area contributed by atoms with Crippen LogP contribution in [-0.4, -0.2) is 16.0 Å². The predicted octanol–water partition coefficient (Wildman–Crippen LogP) is 3.07. The predicted molar refractivity (Wildman–Crippen MR) is 78.5 cm³/mol. The minimum atomic E-state index is -0.966. The van der Waals surface area contributed by atoms with Gasteiger partial charge in [0.1, 0.15) is 0 Å². The SMILES string of the molecule is CS(=O)/C=C(\c1ccccc1)C1(N)CCCCC1. The lowest BCUT2D eigenvalue weighted by atomic mass is 9.75. The van der Waals surface area contributed by atoms with E-state index in [1.165, 1.54) is 6.42 Å². The molecule has 1 aliphatic rings. The van der Waals surface area contributed by atoms with E-state index < -0.39 is 10.8 Å². The zero-order valence-corrected chi connectivity index (χ0v) is 11.7. The van der Waals surface area contributed by atoms with E-state index in [2.05, 4.69) is 12.1 Å². The highest BCUT2D eigenvalue weighted by Crippen LogP contribution is 2.37. The molecular weight excluding hydrogens is 242 g/mol. The molecule has 1 aliphatic carbocycles. The highest BCUT2D eigenvalue weighted by atomic mass is 32.2. The molecule has 0 heterocycles. The Balaban J connectivity index is 2.40. The van der Waals surface area contributed by atoms with Crippen LogP contribution in [0.25, 0.3) is 5.57 Å². The molecule has 0 aliphatic heterocycles. The molecule has 3 heteroatoms. The first-order chi connectivity index (χ1) is 8.62. The van der Waals surface area contributed by atoms with Crippen molar-refractivity contribution in [1.29, 1.82) is 0 Å². The Morgan fingerprint density at radius 2 is 1.83 bits per heavy atom. The average Bonchev–Trinajstić information content (AvgIpc) is 2.37. The largest absolute Gasteiger partial charge is 0.321 e. The van der Waals surface area contributed by atoms with Gasteiger partial charge in [-0.15, -0.1) is 0 Å². The summed E-state index contributed by atoms with van der Waals surface area (Å²) in [5, 5.41) is 1.83. The highest BCUT2D eigenvalue weighted by molar-refractivity contribution is 7.87. The zero-order chi connectivity index (χ0) is 13.0. The van der Waals surface area contributed by atoms with Gasteiger partial charge in [0.2, 0.25) is 0 Å². The van der Waals surface area contributed by atoms with Crippen molar-refractivity contribution in [2.24, 2.45) is 5.73 Å². The molecule has 0 radical (unpaired) electrons. The summed E-state index contributed by atoms with van der Waals surface area (Å²) in [6.07, 6.45) is 7.27. The summed E-state index contributed by atoms with van der Waals surface area (Å²) < 4.78 is 11.6. The van der Waals surface area contributed by atoms with Crippen LogP contribution < -0.4 is 5.73 Å². The van der Waals surface area contributed by atoms with E-state index in [4.69, 9.17) is 5.73 Å². The van der Waals surface area contributed by atoms with Crippen LogP contribution in [0.1, 0.15) is 37.7 Å². The summed E-state index contributed by atoms with van der Waals surface area (Å²) in [4.78, 5) is 0. The summed E-state index contributed by atoms with van der Waals surface area (Å²) in [6, 6.07) is 10.1. The first-order valence-electron chi connectivity index (χ1n) is 6.51. The van der Waals surface area contributed by atoms with E-state index >= 15 is 0 Å². The van der Waals surface area contributed by atoms with E-state index in [-0.39, 0.29) is 5.54 Å². The van der Waals surface area contributed by atoms with E-state index in [1.807, 2.05) is 23.6 Å². The third kappa shape index (κ3) is 3.09. The standard InChI is InChI=1S/C15H21NOS/c1-18(17)12-14(13-8-4-2-5-9-13)15(16)10-6-3-7-11-15/h2,4-5,8-9,12H,3,6-7,10-11,16H2,1H3/b14-12+. The van der Waals surface area contributed by atoms with Crippen molar-refractivity contribution in [1.82, 2.24) is 0 Å². The van der Waals surface area contributed by atoms with Gasteiger partial charge in [0.05, 0.1) is 0 Å². The van der Waals surface area contributed by atoms with Gasteiger partial charge in [0, 0.05) is 28.0 Å². The Bertz CT molecular complexity index is 447. The smallest absolute Gasteiger partial charge is 0.0428 e. The fourth-order valence-electron chi connectivity index (χ4n) is 2.71. The molecule has 1 aromatic carbocycles. The van der Waals surface area contributed by atoms with E-state index in [0.29, 0.717) is 0 Å². The van der Waals surface area contributed by atoms with Crippen LogP contribution in [-0.2, 0) is 10.8 Å². The molecule has 1 aromatic rings. The molecule has 0 saturated heterocycles. The number of hydrogen-bond donors (Lipinski definition) is 1. The lowest BCUT2D eigenvalue weighted by Crippen LogP contribution is -2.43. The normalized spacial score (nSPS) is 21.6. The minimum absolute atomic E-state index is 0.300. The summed E-state index contributed by atoms with van der Waals surface area (Å²) in [6.45, 7) is 0. The summed E-state index contributed by atoms with van der Waals surface area (Å²) in [5.41, 5.74) is 8.45. The van der Waals surface area contributed by atoms with Gasteiger partial charge < -0.3 is 5.73 Å². The Morgan fingerprint density at radius 3 is 2.39 bits per heavy atom. The number of benzene rings is 1. The highest BCUT2D eigenvalue weighted by Gasteiger charge is 2.32. The molecule has 0 spiro atoms. The van der Waals surface area contributed by atoms with E-state index in [1.54, 1.807) is 6.26 Å². The Morgan fingerprint density at radius 1 is 1.22 bits per heavy atom. The molecule has 0 amide bonds. The zero-order valence-electron chi connectivity index (χ0n) is 10.9. The van der Waals surface area contributed by atoms with Gasteiger partial charge in [-0.2, -0.15) is 0 Å². The maximum Gasteiger partial charge on any atom is 0.0428 e. The quantitative estimate of drug-likeness (QED) is 0.910. The fourth-order valence-corrected chi connectivity index (χ4v) is 3.41. The minimum Gasteiger partial charge on any atom is -0.321 e. The lowest BCUT2D eigenvalue weighted by molar-refractivity contribution is 0.370. The van der Waals surface area contributed by atoms with Crippen molar-refractivity contribution in [3.63, 3.8) is 0 Å². The molecule has 1 unspecified atom stereocenters. The van der Waals surface area contributed by atoms with Gasteiger partial charge in [-0.25, -0.2) is 0 Å². The molecule has 1 atom stereocenters. The number of nitrogens with two attached hydrogens (primary N) is 1. The van der Waals surface area contributed by atoms with Crippen molar-refractivity contribution in [2.75, 3.05) is 6.26 Å². The number of rotatable bonds is 3. The fraction of sp³-hybridized carbons (Fsp3) is 0.467. The Labute approximate surface area is 112 Å². The van der Waals surface area contributed by atoms with Crippen LogP contribution in [0.4, 0.5) is 0 Å². The van der Waals surface area contributed by atoms with Crippen LogP contribution in [0.2, 0.25) is 0 Å². The topological polar surface area (TPSA) is 43.1 Å². The van der Waals surface area contributed by atoms with Crippen molar-refractivity contribution in [3.8, 4) is 0 Å². The van der Waals surface area contributed by atoms with Gasteiger partial charge in [-0.1, -0.05) is 49.6 Å². The molecule has 98 valence electrons. The van der Waals surface area contributed by atoms with Gasteiger partial charge >= 0.3 is 0 Å². The van der Waals surface area contributed by atoms with Crippen molar-refractivity contribution < 1.29 is 4.21 Å². The van der Waals surface area contributed by atoms with Crippen molar-refractivity contribution >= 4 is 16.4 Å². The summed E-state index contributed by atoms with van der Waals surface area (Å²) >= 11 is 0. The molecule has 2 nitrogen and oxygen atoms in total. The van der Waals surface area contributed by atoms with Crippen LogP contribution in [0, 0.1) is 0 Å². The molecule has 0 aromatic heterocycles. The molecule has 1 fully saturated rings. The first kappa shape index (κ1) is 13.5. The lowest BCUT2D eigenvalue weighted by Gasteiger charge is -2.36. The second-order valence-electron chi connectivity index (χ2n) is 5.11. The second-order valence-corrected chi connectivity index (χ2v) is 6.35. The monoisotopic (exact) mass is 263 g/mol. The van der Waals surface area contributed by atoms with Crippen LogP contribution in [0.5, 0.6) is 0 Å². The van der Waals surface area contributed by atoms with Gasteiger partial charge in [-0.05, 0) is 24.0 Å². The number of hydrogen-bond acceptors (Lipinski definition) is 2. The molecule has 1 saturated carbocycles. The van der Waals surface area contributed by atoms with E-state index in [0.717, 1.165) is 36.8 Å². The van der Waals surface area contributed by atoms with Crippen molar-refractivity contribution in [2.45, 2.75) is 37.6 Å². The molecule has 2 N–H and O–H groups in total. The maximum absolute atomic E-state index is 11.6. The molecule has 18 heavy (non-hydrogen) atoms. The van der Waals surface area contributed by atoms with Crippen molar-refractivity contribution in [3.05, 3.63) is 41.3 Å². The molecule has 0 bridgehead atoms. The van der Waals surface area contributed by atoms with Gasteiger partial charge in [-0.3, -0.25) is 4.21 Å². The summed E-state index contributed by atoms with van der Waals surface area (Å²) in [7, 11) is -0.966. The van der Waals surface area contributed by atoms with Gasteiger partial charge in [0.15, 0.2) is 0 Å². The molecular formula is C15H21NOS. The summed E-state index contributed by atoms with van der Waals surface area (Å²) in [5.74, 6) is 0. The average molecular weight is 263 g/mol. The first-order valence-corrected chi connectivity index (χ1v) is 8.13. The van der Waals surface area contributed by atoms with Crippen LogP contribution in [0.3, 0.4) is 0 Å². The van der Waals surface area contributed by atoms with Crippen LogP contribution in [0.15, 0.2) is 35.7 Å². The van der Waals surface area contributed by atoms with Crippen LogP contribution >= 0.6 is 0 Å². The Kier molecular flexibility index (Phi) is 4.36. The Hall–Kier alpha value is -0.930.